The molecule has 0 saturated carbocycles. The Kier molecular flexibility index (Phi) is 3.53. The Morgan fingerprint density at radius 2 is 2.08 bits per heavy atom. The second-order valence-corrected chi connectivity index (χ2v) is 7.81. The van der Waals surface area contributed by atoms with Gasteiger partial charge >= 0.3 is 0 Å². The highest BCUT2D eigenvalue weighted by Gasteiger charge is 2.29. The predicted molar refractivity (Wildman–Crippen MR) is 104 cm³/mol. The van der Waals surface area contributed by atoms with Crippen molar-refractivity contribution in [1.29, 1.82) is 0 Å². The quantitative estimate of drug-likeness (QED) is 0.625. The number of ether oxygens (including phenoxy) is 2. The molecule has 1 aliphatic heterocycles. The molecule has 0 saturated heterocycles. The third kappa shape index (κ3) is 2.36. The third-order valence-corrected chi connectivity index (χ3v) is 6.44. The van der Waals surface area contributed by atoms with Crippen LogP contribution in [0.2, 0.25) is 0 Å². The number of hydrogen-bond acceptors (Lipinski definition) is 2. The van der Waals surface area contributed by atoms with Crippen molar-refractivity contribution in [1.82, 2.24) is 0 Å². The van der Waals surface area contributed by atoms with Gasteiger partial charge in [-0.25, -0.2) is 0 Å². The zero-order chi connectivity index (χ0) is 17.0. The van der Waals surface area contributed by atoms with Gasteiger partial charge in [-0.1, -0.05) is 42.0 Å². The molecule has 25 heavy (non-hydrogen) atoms. The molecule has 0 N–H and O–H groups in total. The predicted octanol–water partition coefficient (Wildman–Crippen LogP) is 6.10. The van der Waals surface area contributed by atoms with E-state index in [1.165, 1.54) is 33.4 Å². The summed E-state index contributed by atoms with van der Waals surface area (Å²) in [6.07, 6.45) is 7.85. The maximum Gasteiger partial charge on any atom is 0.231 e. The third-order valence-electron chi connectivity index (χ3n) is 5.60. The van der Waals surface area contributed by atoms with E-state index in [-0.39, 0.29) is 0 Å². The van der Waals surface area contributed by atoms with Gasteiger partial charge in [0.25, 0.3) is 0 Å². The lowest BCUT2D eigenvalue weighted by atomic mass is 9.91. The lowest BCUT2D eigenvalue weighted by Crippen LogP contribution is -1.95. The summed E-state index contributed by atoms with van der Waals surface area (Å²) in [4.78, 5) is 0. The molecular formula is C22H19BrO2. The highest BCUT2D eigenvalue weighted by Crippen LogP contribution is 2.49. The number of allylic oxidation sites excluding steroid dienone is 3. The van der Waals surface area contributed by atoms with Crippen LogP contribution in [-0.2, 0) is 6.42 Å². The highest BCUT2D eigenvalue weighted by atomic mass is 79.9. The Labute approximate surface area is 156 Å². The van der Waals surface area contributed by atoms with Crippen molar-refractivity contribution < 1.29 is 9.47 Å². The first-order chi connectivity index (χ1) is 12.2. The average molecular weight is 395 g/mol. The van der Waals surface area contributed by atoms with E-state index in [2.05, 4.69) is 65.3 Å². The van der Waals surface area contributed by atoms with Crippen LogP contribution >= 0.6 is 15.9 Å². The van der Waals surface area contributed by atoms with Gasteiger partial charge in [-0.05, 0) is 76.0 Å². The fourth-order valence-corrected chi connectivity index (χ4v) is 4.97. The molecule has 2 nitrogen and oxygen atoms in total. The van der Waals surface area contributed by atoms with Crippen LogP contribution in [0, 0.1) is 0 Å². The molecule has 3 heteroatoms. The second kappa shape index (κ2) is 5.77. The van der Waals surface area contributed by atoms with E-state index in [4.69, 9.17) is 9.47 Å². The Bertz CT molecular complexity index is 939. The molecule has 126 valence electrons. The largest absolute Gasteiger partial charge is 0.454 e. The molecule has 0 amide bonds. The van der Waals surface area contributed by atoms with Crippen molar-refractivity contribution in [3.63, 3.8) is 0 Å². The molecular weight excluding hydrogens is 376 g/mol. The van der Waals surface area contributed by atoms with Crippen molar-refractivity contribution in [3.8, 4) is 11.5 Å². The zero-order valence-electron chi connectivity index (χ0n) is 14.1. The van der Waals surface area contributed by atoms with E-state index in [1.807, 2.05) is 0 Å². The van der Waals surface area contributed by atoms with Gasteiger partial charge in [0.15, 0.2) is 11.5 Å². The number of hydrogen-bond donors (Lipinski definition) is 0. The van der Waals surface area contributed by atoms with Crippen LogP contribution in [0.25, 0.3) is 11.6 Å². The number of halogens is 1. The fraction of sp³-hybridized carbons (Fsp3) is 0.273. The van der Waals surface area contributed by atoms with Crippen LogP contribution in [0.4, 0.5) is 0 Å². The van der Waals surface area contributed by atoms with Gasteiger partial charge in [0, 0.05) is 5.92 Å². The van der Waals surface area contributed by atoms with Gasteiger partial charge in [-0.3, -0.25) is 0 Å². The zero-order valence-corrected chi connectivity index (χ0v) is 15.7. The van der Waals surface area contributed by atoms with E-state index in [9.17, 15) is 0 Å². The summed E-state index contributed by atoms with van der Waals surface area (Å²) >= 11 is 3.73. The SMILES string of the molecule is CC1=C(CCC2C=Cc3ccccc32)c2cc3c(c(Br)c2C1)OCO3. The van der Waals surface area contributed by atoms with Crippen LogP contribution in [-0.4, -0.2) is 6.79 Å². The summed E-state index contributed by atoms with van der Waals surface area (Å²) < 4.78 is 12.3. The van der Waals surface area contributed by atoms with Crippen LogP contribution in [0.3, 0.4) is 0 Å². The molecule has 0 bridgehead atoms. The van der Waals surface area contributed by atoms with Gasteiger partial charge < -0.3 is 9.47 Å². The summed E-state index contributed by atoms with van der Waals surface area (Å²) in [7, 11) is 0. The Hall–Kier alpha value is -2.00. The van der Waals surface area contributed by atoms with Crippen molar-refractivity contribution >= 4 is 27.6 Å². The summed E-state index contributed by atoms with van der Waals surface area (Å²) in [5.41, 5.74) is 8.46. The molecule has 0 fully saturated rings. The molecule has 2 aromatic rings. The van der Waals surface area contributed by atoms with E-state index in [0.717, 1.165) is 35.2 Å². The molecule has 1 unspecified atom stereocenters. The summed E-state index contributed by atoms with van der Waals surface area (Å²) in [6.45, 7) is 2.57. The summed E-state index contributed by atoms with van der Waals surface area (Å²) in [6, 6.07) is 10.9. The molecule has 1 atom stereocenters. The molecule has 3 aliphatic rings. The van der Waals surface area contributed by atoms with Crippen molar-refractivity contribution in [2.75, 3.05) is 6.79 Å². The molecule has 0 radical (unpaired) electrons. The van der Waals surface area contributed by atoms with Crippen LogP contribution in [0.5, 0.6) is 11.5 Å². The van der Waals surface area contributed by atoms with Gasteiger partial charge in [0.2, 0.25) is 6.79 Å². The average Bonchev–Trinajstić information content (AvgIpc) is 3.31. The van der Waals surface area contributed by atoms with Crippen LogP contribution in [0.15, 0.2) is 46.5 Å². The first kappa shape index (κ1) is 15.3. The minimum atomic E-state index is 0.318. The minimum absolute atomic E-state index is 0.318. The smallest absolute Gasteiger partial charge is 0.231 e. The Morgan fingerprint density at radius 3 is 3.00 bits per heavy atom. The molecule has 0 aromatic heterocycles. The summed E-state index contributed by atoms with van der Waals surface area (Å²) in [5, 5.41) is 0. The molecule has 2 aliphatic carbocycles. The molecule has 1 heterocycles. The molecule has 2 aromatic carbocycles. The standard InChI is InChI=1S/C22H19BrO2/c1-13-10-19-18(11-20-22(21(19)23)25-12-24-20)16(13)9-8-15-7-6-14-4-2-3-5-17(14)15/h2-7,11,15H,8-10,12H2,1H3. The van der Waals surface area contributed by atoms with Crippen LogP contribution < -0.4 is 9.47 Å². The normalized spacial score (nSPS) is 19.5. The highest BCUT2D eigenvalue weighted by molar-refractivity contribution is 9.10. The van der Waals surface area contributed by atoms with Crippen molar-refractivity contribution in [2.24, 2.45) is 0 Å². The number of rotatable bonds is 3. The van der Waals surface area contributed by atoms with E-state index in [0.29, 0.717) is 12.7 Å². The summed E-state index contributed by atoms with van der Waals surface area (Å²) in [5.74, 6) is 2.25. The monoisotopic (exact) mass is 394 g/mol. The lowest BCUT2D eigenvalue weighted by Gasteiger charge is -2.14. The molecule has 5 rings (SSSR count). The van der Waals surface area contributed by atoms with Gasteiger partial charge in [-0.2, -0.15) is 0 Å². The first-order valence-corrected chi connectivity index (χ1v) is 9.59. The van der Waals surface area contributed by atoms with E-state index >= 15 is 0 Å². The van der Waals surface area contributed by atoms with E-state index < -0.39 is 0 Å². The molecule has 0 spiro atoms. The fourth-order valence-electron chi connectivity index (χ4n) is 4.31. The maximum absolute atomic E-state index is 5.63. The van der Waals surface area contributed by atoms with Gasteiger partial charge in [-0.15, -0.1) is 0 Å². The van der Waals surface area contributed by atoms with Crippen LogP contribution in [0.1, 0.15) is 47.9 Å². The topological polar surface area (TPSA) is 18.5 Å². The first-order valence-electron chi connectivity index (χ1n) is 8.79. The Balaban J connectivity index is 1.43. The number of fused-ring (bicyclic) bond motifs is 3. The van der Waals surface area contributed by atoms with Gasteiger partial charge in [0.05, 0.1) is 4.47 Å². The second-order valence-electron chi connectivity index (χ2n) is 7.02. The van der Waals surface area contributed by atoms with E-state index in [1.54, 1.807) is 0 Å². The van der Waals surface area contributed by atoms with Crippen molar-refractivity contribution in [3.05, 3.63) is 68.7 Å². The number of benzene rings is 2. The minimum Gasteiger partial charge on any atom is -0.454 e. The maximum atomic E-state index is 5.63. The van der Waals surface area contributed by atoms with Crippen molar-refractivity contribution in [2.45, 2.75) is 32.1 Å². The lowest BCUT2D eigenvalue weighted by molar-refractivity contribution is 0.173. The Morgan fingerprint density at radius 1 is 1.20 bits per heavy atom. The van der Waals surface area contributed by atoms with Gasteiger partial charge in [0.1, 0.15) is 0 Å².